The summed E-state index contributed by atoms with van der Waals surface area (Å²) in [5.74, 6) is 0.283. The molecule has 1 amide bonds. The van der Waals surface area contributed by atoms with E-state index in [1.54, 1.807) is 35.6 Å². The number of carbonyl (C=O) groups is 1. The first kappa shape index (κ1) is 14.9. The monoisotopic (exact) mass is 305 g/mol. The number of carbonyl (C=O) groups excluding carboxylic acids is 1. The Balaban J connectivity index is 2.00. The van der Waals surface area contributed by atoms with Crippen LogP contribution in [0.2, 0.25) is 0 Å². The topological polar surface area (TPSA) is 96.9 Å². The van der Waals surface area contributed by atoms with Gasteiger partial charge in [-0.2, -0.15) is 11.3 Å². The summed E-state index contributed by atoms with van der Waals surface area (Å²) in [5, 5.41) is 18.0. The number of amides is 1. The molecule has 1 aromatic heterocycles. The van der Waals surface area contributed by atoms with Crippen molar-refractivity contribution in [3.8, 4) is 5.75 Å². The van der Waals surface area contributed by atoms with Crippen LogP contribution in [-0.2, 0) is 11.2 Å². The van der Waals surface area contributed by atoms with Gasteiger partial charge in [0, 0.05) is 0 Å². The van der Waals surface area contributed by atoms with Gasteiger partial charge in [-0.3, -0.25) is 4.79 Å². The summed E-state index contributed by atoms with van der Waals surface area (Å²) in [6, 6.07) is 8.90. The van der Waals surface area contributed by atoms with Crippen LogP contribution in [0, 0.1) is 0 Å². The van der Waals surface area contributed by atoms with Crippen LogP contribution in [0.15, 0.2) is 46.2 Å². The molecule has 7 heteroatoms. The largest absolute Gasteiger partial charge is 0.483 e. The van der Waals surface area contributed by atoms with E-state index in [2.05, 4.69) is 10.5 Å². The molecule has 0 saturated heterocycles. The minimum Gasteiger partial charge on any atom is -0.483 e. The van der Waals surface area contributed by atoms with Gasteiger partial charge in [-0.05, 0) is 34.5 Å². The summed E-state index contributed by atoms with van der Waals surface area (Å²) in [6.45, 7) is -0.0616. The van der Waals surface area contributed by atoms with Crippen LogP contribution < -0.4 is 15.8 Å². The maximum absolute atomic E-state index is 12.0. The lowest BCUT2D eigenvalue weighted by molar-refractivity contribution is -0.115. The van der Waals surface area contributed by atoms with Gasteiger partial charge in [-0.15, -0.1) is 0 Å². The van der Waals surface area contributed by atoms with E-state index in [-0.39, 0.29) is 18.3 Å². The lowest BCUT2D eigenvalue weighted by Gasteiger charge is -2.11. The molecule has 0 bridgehead atoms. The van der Waals surface area contributed by atoms with Crippen molar-refractivity contribution in [1.29, 1.82) is 0 Å². The molecule has 0 spiro atoms. The van der Waals surface area contributed by atoms with Crippen LogP contribution in [0.3, 0.4) is 0 Å². The average Bonchev–Trinajstić information content (AvgIpc) is 2.98. The predicted octanol–water partition coefficient (Wildman–Crippen LogP) is 2.05. The minimum absolute atomic E-state index is 0.0468. The predicted molar refractivity (Wildman–Crippen MR) is 82.0 cm³/mol. The van der Waals surface area contributed by atoms with Gasteiger partial charge < -0.3 is 21.0 Å². The number of thiophene rings is 1. The number of para-hydroxylation sites is 2. The number of benzene rings is 1. The maximum Gasteiger partial charge on any atom is 0.228 e. The highest BCUT2D eigenvalue weighted by Crippen LogP contribution is 2.24. The second-order valence-electron chi connectivity index (χ2n) is 4.23. The van der Waals surface area contributed by atoms with E-state index in [0.717, 1.165) is 5.56 Å². The van der Waals surface area contributed by atoms with E-state index in [1.165, 1.54) is 0 Å². The molecule has 0 fully saturated rings. The number of amidine groups is 1. The molecule has 0 aliphatic carbocycles. The molecule has 1 heterocycles. The van der Waals surface area contributed by atoms with Gasteiger partial charge in [0.1, 0.15) is 12.4 Å². The van der Waals surface area contributed by atoms with Gasteiger partial charge in [0.05, 0.1) is 12.1 Å². The first-order valence-corrected chi connectivity index (χ1v) is 7.12. The molecule has 2 aromatic rings. The van der Waals surface area contributed by atoms with Crippen LogP contribution in [0.25, 0.3) is 0 Å². The third kappa shape index (κ3) is 4.50. The molecule has 0 atom stereocenters. The van der Waals surface area contributed by atoms with Crippen molar-refractivity contribution in [2.45, 2.75) is 6.42 Å². The molecule has 2 rings (SSSR count). The van der Waals surface area contributed by atoms with Crippen molar-refractivity contribution in [2.24, 2.45) is 10.9 Å². The van der Waals surface area contributed by atoms with Gasteiger partial charge in [0.25, 0.3) is 0 Å². The molecule has 6 nitrogen and oxygen atoms in total. The summed E-state index contributed by atoms with van der Waals surface area (Å²) in [4.78, 5) is 12.0. The Hall–Kier alpha value is -2.54. The fraction of sp³-hybridized carbons (Fsp3) is 0.143. The number of nitrogens with one attached hydrogen (secondary N) is 1. The molecule has 0 radical (unpaired) electrons. The molecule has 0 saturated carbocycles. The van der Waals surface area contributed by atoms with Crippen LogP contribution >= 0.6 is 11.3 Å². The number of ether oxygens (including phenoxy) is 1. The van der Waals surface area contributed by atoms with Gasteiger partial charge in [0.2, 0.25) is 5.91 Å². The average molecular weight is 305 g/mol. The lowest BCUT2D eigenvalue weighted by Crippen LogP contribution is -2.21. The summed E-state index contributed by atoms with van der Waals surface area (Å²) >= 11 is 1.55. The summed E-state index contributed by atoms with van der Waals surface area (Å²) < 4.78 is 5.40. The smallest absolute Gasteiger partial charge is 0.228 e. The lowest BCUT2D eigenvalue weighted by atomic mass is 10.2. The Morgan fingerprint density at radius 2 is 2.19 bits per heavy atom. The fourth-order valence-corrected chi connectivity index (χ4v) is 2.32. The highest BCUT2D eigenvalue weighted by atomic mass is 32.1. The van der Waals surface area contributed by atoms with Crippen LogP contribution in [0.1, 0.15) is 5.56 Å². The van der Waals surface area contributed by atoms with Gasteiger partial charge >= 0.3 is 0 Å². The third-order valence-corrected chi connectivity index (χ3v) is 3.34. The van der Waals surface area contributed by atoms with Gasteiger partial charge in [-0.1, -0.05) is 17.3 Å². The Labute approximate surface area is 125 Å². The van der Waals surface area contributed by atoms with E-state index in [0.29, 0.717) is 17.9 Å². The Bertz CT molecular complexity index is 626. The molecular formula is C14H15N3O3S. The molecule has 21 heavy (non-hydrogen) atoms. The number of anilines is 1. The van der Waals surface area contributed by atoms with E-state index in [9.17, 15) is 4.79 Å². The van der Waals surface area contributed by atoms with Crippen LogP contribution in [0.4, 0.5) is 5.69 Å². The first-order chi connectivity index (χ1) is 10.2. The Kier molecular flexibility index (Phi) is 5.16. The number of nitrogens with zero attached hydrogens (tertiary/aromatic N) is 1. The summed E-state index contributed by atoms with van der Waals surface area (Å²) in [6.07, 6.45) is 0.304. The molecule has 0 unspecified atom stereocenters. The Morgan fingerprint density at radius 3 is 2.90 bits per heavy atom. The van der Waals surface area contributed by atoms with E-state index in [1.807, 2.05) is 16.8 Å². The van der Waals surface area contributed by atoms with Gasteiger partial charge in [0.15, 0.2) is 5.84 Å². The molecule has 1 aromatic carbocycles. The minimum atomic E-state index is -0.131. The van der Waals surface area contributed by atoms with Crippen molar-refractivity contribution in [3.63, 3.8) is 0 Å². The number of oxime groups is 1. The number of nitrogens with two attached hydrogens (primary N) is 1. The molecule has 0 aliphatic rings. The van der Waals surface area contributed by atoms with Crippen molar-refractivity contribution in [2.75, 3.05) is 11.9 Å². The summed E-state index contributed by atoms with van der Waals surface area (Å²) in [5.41, 5.74) is 6.86. The van der Waals surface area contributed by atoms with E-state index >= 15 is 0 Å². The Morgan fingerprint density at radius 1 is 1.38 bits per heavy atom. The zero-order valence-corrected chi connectivity index (χ0v) is 12.0. The van der Waals surface area contributed by atoms with Gasteiger partial charge in [-0.25, -0.2) is 0 Å². The van der Waals surface area contributed by atoms with Crippen molar-refractivity contribution < 1.29 is 14.7 Å². The quantitative estimate of drug-likeness (QED) is 0.329. The van der Waals surface area contributed by atoms with Crippen molar-refractivity contribution >= 4 is 28.8 Å². The van der Waals surface area contributed by atoms with Crippen molar-refractivity contribution in [3.05, 3.63) is 46.7 Å². The zero-order valence-electron chi connectivity index (χ0n) is 11.2. The van der Waals surface area contributed by atoms with Crippen LogP contribution in [0.5, 0.6) is 5.75 Å². The molecule has 110 valence electrons. The van der Waals surface area contributed by atoms with E-state index in [4.69, 9.17) is 15.7 Å². The standard InChI is InChI=1S/C14H15N3O3S/c15-13(17-19)8-20-12-4-2-1-3-11(12)16-14(18)7-10-5-6-21-9-10/h1-6,9,19H,7-8H2,(H2,15,17)(H,16,18). The molecular weight excluding hydrogens is 290 g/mol. The third-order valence-electron chi connectivity index (χ3n) is 2.61. The SMILES string of the molecule is N/C(COc1ccccc1NC(=O)Cc1ccsc1)=N\O. The second-order valence-corrected chi connectivity index (χ2v) is 5.01. The number of hydrogen-bond donors (Lipinski definition) is 3. The first-order valence-electron chi connectivity index (χ1n) is 6.18. The fourth-order valence-electron chi connectivity index (χ4n) is 1.65. The second kappa shape index (κ2) is 7.30. The summed E-state index contributed by atoms with van der Waals surface area (Å²) in [7, 11) is 0. The maximum atomic E-state index is 12.0. The van der Waals surface area contributed by atoms with Crippen LogP contribution in [-0.4, -0.2) is 23.6 Å². The normalized spacial score (nSPS) is 11.1. The molecule has 0 aliphatic heterocycles. The van der Waals surface area contributed by atoms with Crippen molar-refractivity contribution in [1.82, 2.24) is 0 Å². The number of rotatable bonds is 6. The highest BCUT2D eigenvalue weighted by Gasteiger charge is 2.09. The van der Waals surface area contributed by atoms with E-state index < -0.39 is 0 Å². The highest BCUT2D eigenvalue weighted by molar-refractivity contribution is 7.08. The molecule has 4 N–H and O–H groups in total. The zero-order chi connectivity index (χ0) is 15.1. The number of hydrogen-bond acceptors (Lipinski definition) is 5.